The molecule has 26 heavy (non-hydrogen) atoms. The van der Waals surface area contributed by atoms with Crippen LogP contribution in [0.5, 0.6) is 17.2 Å². The Bertz CT molecular complexity index is 791. The molecular formula is C16H20N4O6. The molecule has 1 atom stereocenters. The van der Waals surface area contributed by atoms with Gasteiger partial charge in [-0.3, -0.25) is 19.6 Å². The van der Waals surface area contributed by atoms with Gasteiger partial charge in [0.25, 0.3) is 5.91 Å². The van der Waals surface area contributed by atoms with Crippen LogP contribution in [0.25, 0.3) is 0 Å². The molecule has 10 heteroatoms. The molecule has 0 spiro atoms. The molecule has 0 saturated carbocycles. The van der Waals surface area contributed by atoms with Crippen molar-refractivity contribution in [1.29, 1.82) is 0 Å². The van der Waals surface area contributed by atoms with E-state index in [-0.39, 0.29) is 28.9 Å². The third kappa shape index (κ3) is 3.85. The normalized spacial score (nSPS) is 11.5. The number of nitrogens with zero attached hydrogens (tertiary/aromatic N) is 3. The van der Waals surface area contributed by atoms with Gasteiger partial charge >= 0.3 is 5.69 Å². The minimum Gasteiger partial charge on any atom is -0.493 e. The second kappa shape index (κ2) is 8.19. The standard InChI is InChI=1S/C16H20N4O6/c1-10(9-19-7-5-6-17-19)18-16(21)11-8-12(24-2)14(25-3)15(26-4)13(11)20(22)23/h5-8,10H,9H2,1-4H3,(H,18,21)/t10-/m1/s1. The molecular weight excluding hydrogens is 344 g/mol. The number of amides is 1. The van der Waals surface area contributed by atoms with Gasteiger partial charge in [0.05, 0.1) is 32.8 Å². The summed E-state index contributed by atoms with van der Waals surface area (Å²) < 4.78 is 17.1. The van der Waals surface area contributed by atoms with Crippen LogP contribution in [0, 0.1) is 10.1 Å². The highest BCUT2D eigenvalue weighted by molar-refractivity contribution is 6.00. The Labute approximate surface area is 149 Å². The number of ether oxygens (including phenoxy) is 3. The van der Waals surface area contributed by atoms with Crippen LogP contribution >= 0.6 is 0 Å². The lowest BCUT2D eigenvalue weighted by molar-refractivity contribution is -0.386. The fraction of sp³-hybridized carbons (Fsp3) is 0.375. The molecule has 1 heterocycles. The van der Waals surface area contributed by atoms with Crippen LogP contribution in [0.2, 0.25) is 0 Å². The number of nitrogens with one attached hydrogen (secondary N) is 1. The Hall–Kier alpha value is -3.30. The summed E-state index contributed by atoms with van der Waals surface area (Å²) in [5.74, 6) is -0.611. The summed E-state index contributed by atoms with van der Waals surface area (Å²) in [6, 6.07) is 2.70. The molecule has 1 N–H and O–H groups in total. The SMILES string of the molecule is COc1cc(C(=O)N[C@H](C)Cn2cccn2)c([N+](=O)[O-])c(OC)c1OC. The Morgan fingerprint density at radius 1 is 1.31 bits per heavy atom. The number of carbonyl (C=O) groups excluding carboxylic acids is 1. The maximum absolute atomic E-state index is 12.6. The summed E-state index contributed by atoms with van der Waals surface area (Å²) in [4.78, 5) is 23.5. The quantitative estimate of drug-likeness (QED) is 0.559. The number of nitro groups is 1. The lowest BCUT2D eigenvalue weighted by Crippen LogP contribution is -2.36. The van der Waals surface area contributed by atoms with Gasteiger partial charge in [0.1, 0.15) is 5.56 Å². The molecule has 0 radical (unpaired) electrons. The predicted octanol–water partition coefficient (Wildman–Crippen LogP) is 1.64. The first-order valence-electron chi connectivity index (χ1n) is 7.68. The lowest BCUT2D eigenvalue weighted by Gasteiger charge is -2.17. The van der Waals surface area contributed by atoms with Crippen LogP contribution < -0.4 is 19.5 Å². The Balaban J connectivity index is 2.39. The van der Waals surface area contributed by atoms with E-state index in [9.17, 15) is 14.9 Å². The smallest absolute Gasteiger partial charge is 0.327 e. The number of hydrogen-bond donors (Lipinski definition) is 1. The third-order valence-electron chi connectivity index (χ3n) is 3.63. The van der Waals surface area contributed by atoms with Crippen LogP contribution in [0.4, 0.5) is 5.69 Å². The number of aromatic nitrogens is 2. The van der Waals surface area contributed by atoms with Gasteiger partial charge in [-0.05, 0) is 13.0 Å². The van der Waals surface area contributed by atoms with E-state index in [1.54, 1.807) is 30.1 Å². The van der Waals surface area contributed by atoms with E-state index in [0.29, 0.717) is 6.54 Å². The maximum atomic E-state index is 12.6. The molecule has 0 aliphatic heterocycles. The highest BCUT2D eigenvalue weighted by Gasteiger charge is 2.32. The zero-order chi connectivity index (χ0) is 19.3. The van der Waals surface area contributed by atoms with E-state index in [2.05, 4.69) is 10.4 Å². The first-order valence-corrected chi connectivity index (χ1v) is 7.68. The van der Waals surface area contributed by atoms with Crippen molar-refractivity contribution in [2.75, 3.05) is 21.3 Å². The number of methoxy groups -OCH3 is 3. The predicted molar refractivity (Wildman–Crippen MR) is 91.9 cm³/mol. The van der Waals surface area contributed by atoms with Crippen molar-refractivity contribution in [3.05, 3.63) is 40.2 Å². The van der Waals surface area contributed by atoms with E-state index < -0.39 is 16.5 Å². The summed E-state index contributed by atoms with van der Waals surface area (Å²) in [5, 5.41) is 18.3. The first kappa shape index (κ1) is 19.0. The number of hydrogen-bond acceptors (Lipinski definition) is 7. The van der Waals surface area contributed by atoms with Gasteiger partial charge < -0.3 is 19.5 Å². The molecule has 0 unspecified atom stereocenters. The van der Waals surface area contributed by atoms with Gasteiger partial charge in [0.2, 0.25) is 11.5 Å². The number of carbonyl (C=O) groups is 1. The van der Waals surface area contributed by atoms with E-state index in [1.165, 1.54) is 27.4 Å². The minimum atomic E-state index is -0.687. The molecule has 1 amide bonds. The van der Waals surface area contributed by atoms with Crippen molar-refractivity contribution in [1.82, 2.24) is 15.1 Å². The third-order valence-corrected chi connectivity index (χ3v) is 3.63. The van der Waals surface area contributed by atoms with Crippen molar-refractivity contribution in [3.8, 4) is 17.2 Å². The Morgan fingerprint density at radius 2 is 2.00 bits per heavy atom. The van der Waals surface area contributed by atoms with E-state index in [4.69, 9.17) is 14.2 Å². The number of nitro benzene ring substituents is 1. The van der Waals surface area contributed by atoms with Crippen molar-refractivity contribution >= 4 is 11.6 Å². The zero-order valence-electron chi connectivity index (χ0n) is 14.9. The van der Waals surface area contributed by atoms with Crippen molar-refractivity contribution in [3.63, 3.8) is 0 Å². The second-order valence-electron chi connectivity index (χ2n) is 5.40. The summed E-state index contributed by atoms with van der Waals surface area (Å²) in [6.45, 7) is 2.18. The molecule has 0 aliphatic rings. The fourth-order valence-electron chi connectivity index (χ4n) is 2.53. The number of benzene rings is 1. The monoisotopic (exact) mass is 364 g/mol. The van der Waals surface area contributed by atoms with Gasteiger partial charge in [-0.2, -0.15) is 5.10 Å². The minimum absolute atomic E-state index is 0.0443. The summed E-state index contributed by atoms with van der Waals surface area (Å²) >= 11 is 0. The van der Waals surface area contributed by atoms with Crippen LogP contribution in [-0.4, -0.2) is 48.0 Å². The summed E-state index contributed by atoms with van der Waals surface area (Å²) in [7, 11) is 3.95. The second-order valence-corrected chi connectivity index (χ2v) is 5.40. The lowest BCUT2D eigenvalue weighted by atomic mass is 10.1. The van der Waals surface area contributed by atoms with E-state index >= 15 is 0 Å². The summed E-state index contributed by atoms with van der Waals surface area (Å²) in [6.07, 6.45) is 3.38. The highest BCUT2D eigenvalue weighted by atomic mass is 16.6. The van der Waals surface area contributed by atoms with Gasteiger partial charge in [-0.25, -0.2) is 0 Å². The molecule has 0 saturated heterocycles. The summed E-state index contributed by atoms with van der Waals surface area (Å²) in [5.41, 5.74) is -0.675. The van der Waals surface area contributed by atoms with Crippen LogP contribution in [0.1, 0.15) is 17.3 Å². The fourth-order valence-corrected chi connectivity index (χ4v) is 2.53. The Morgan fingerprint density at radius 3 is 2.50 bits per heavy atom. The van der Waals surface area contributed by atoms with Crippen molar-refractivity contribution < 1.29 is 23.9 Å². The maximum Gasteiger partial charge on any atom is 0.327 e. The van der Waals surface area contributed by atoms with Crippen LogP contribution in [-0.2, 0) is 6.54 Å². The molecule has 1 aromatic heterocycles. The van der Waals surface area contributed by atoms with Gasteiger partial charge in [-0.15, -0.1) is 0 Å². The van der Waals surface area contributed by atoms with Gasteiger partial charge in [-0.1, -0.05) is 0 Å². The largest absolute Gasteiger partial charge is 0.493 e. The van der Waals surface area contributed by atoms with Crippen molar-refractivity contribution in [2.45, 2.75) is 19.5 Å². The molecule has 0 fully saturated rings. The molecule has 1 aromatic carbocycles. The molecule has 10 nitrogen and oxygen atoms in total. The average Bonchev–Trinajstić information content (AvgIpc) is 3.11. The topological polar surface area (TPSA) is 118 Å². The molecule has 2 rings (SSSR count). The van der Waals surface area contributed by atoms with Crippen LogP contribution in [0.15, 0.2) is 24.5 Å². The van der Waals surface area contributed by atoms with Gasteiger partial charge in [0.15, 0.2) is 5.75 Å². The first-order chi connectivity index (χ1) is 12.4. The zero-order valence-corrected chi connectivity index (χ0v) is 14.9. The average molecular weight is 364 g/mol. The Kier molecular flexibility index (Phi) is 5.99. The molecule has 0 aliphatic carbocycles. The van der Waals surface area contributed by atoms with Crippen molar-refractivity contribution in [2.24, 2.45) is 0 Å². The van der Waals surface area contributed by atoms with E-state index in [0.717, 1.165) is 0 Å². The van der Waals surface area contributed by atoms with Gasteiger partial charge in [0, 0.05) is 24.5 Å². The number of rotatable bonds is 8. The highest BCUT2D eigenvalue weighted by Crippen LogP contribution is 2.46. The molecule has 2 aromatic rings. The molecule has 0 bridgehead atoms. The van der Waals surface area contributed by atoms with E-state index in [1.807, 2.05) is 0 Å². The van der Waals surface area contributed by atoms with Crippen LogP contribution in [0.3, 0.4) is 0 Å². The molecule has 140 valence electrons.